The van der Waals surface area contributed by atoms with E-state index in [0.29, 0.717) is 13.0 Å². The Balaban J connectivity index is 2.94. The van der Waals surface area contributed by atoms with E-state index < -0.39 is 11.4 Å². The molecule has 1 unspecified atom stereocenters. The quantitative estimate of drug-likeness (QED) is 0.428. The average molecular weight is 240 g/mol. The van der Waals surface area contributed by atoms with E-state index >= 15 is 0 Å². The van der Waals surface area contributed by atoms with Gasteiger partial charge in [0.1, 0.15) is 0 Å². The first-order chi connectivity index (χ1) is 8.03. The van der Waals surface area contributed by atoms with Gasteiger partial charge in [0.2, 0.25) is 0 Å². The third-order valence-corrected chi connectivity index (χ3v) is 2.88. The number of carbonyl (C=O) groups excluding carboxylic acids is 2. The number of ether oxygens (including phenoxy) is 2. The van der Waals surface area contributed by atoms with E-state index in [1.807, 2.05) is 19.9 Å². The maximum absolute atomic E-state index is 12.0. The van der Waals surface area contributed by atoms with Gasteiger partial charge in [-0.2, -0.15) is 0 Å². The molecule has 0 bridgehead atoms. The molecule has 4 heteroatoms. The van der Waals surface area contributed by atoms with Crippen molar-refractivity contribution in [1.82, 2.24) is 0 Å². The first kappa shape index (κ1) is 13.9. The van der Waals surface area contributed by atoms with Gasteiger partial charge < -0.3 is 9.47 Å². The standard InChI is InChI=1S/C13H20O4/c1-4-17-12(15)13(7-5-10(2)3)9-16-8-6-11(13)14/h5H,4,6-9H2,1-3H3. The maximum atomic E-state index is 12.0. The average Bonchev–Trinajstić information content (AvgIpc) is 2.28. The van der Waals surface area contributed by atoms with E-state index in [1.165, 1.54) is 0 Å². The number of Topliss-reactive ketones (excluding diaryl/α,β-unsaturated/α-hetero) is 1. The number of esters is 1. The second-order valence-electron chi connectivity index (χ2n) is 4.51. The van der Waals surface area contributed by atoms with Crippen molar-refractivity contribution in [3.63, 3.8) is 0 Å². The van der Waals surface area contributed by atoms with E-state index in [-0.39, 0.29) is 25.4 Å². The first-order valence-electron chi connectivity index (χ1n) is 5.94. The maximum Gasteiger partial charge on any atom is 0.322 e. The van der Waals surface area contributed by atoms with Gasteiger partial charge in [-0.25, -0.2) is 0 Å². The predicted molar refractivity (Wildman–Crippen MR) is 63.6 cm³/mol. The Morgan fingerprint density at radius 3 is 2.76 bits per heavy atom. The molecule has 1 heterocycles. The molecule has 1 rings (SSSR count). The Bertz CT molecular complexity index is 328. The van der Waals surface area contributed by atoms with Gasteiger partial charge in [0.15, 0.2) is 11.2 Å². The molecular formula is C13H20O4. The third kappa shape index (κ3) is 3.16. The van der Waals surface area contributed by atoms with Crippen LogP contribution in [-0.2, 0) is 19.1 Å². The minimum absolute atomic E-state index is 0.0697. The zero-order chi connectivity index (χ0) is 12.9. The molecule has 0 N–H and O–H groups in total. The van der Waals surface area contributed by atoms with E-state index in [1.54, 1.807) is 6.92 Å². The molecule has 0 radical (unpaired) electrons. The molecular weight excluding hydrogens is 220 g/mol. The Kier molecular flexibility index (Phi) is 4.87. The molecule has 4 nitrogen and oxygen atoms in total. The van der Waals surface area contributed by atoms with Crippen molar-refractivity contribution in [1.29, 1.82) is 0 Å². The molecule has 17 heavy (non-hydrogen) atoms. The summed E-state index contributed by atoms with van der Waals surface area (Å²) in [6, 6.07) is 0. The smallest absolute Gasteiger partial charge is 0.322 e. The molecule has 1 aliphatic heterocycles. The summed E-state index contributed by atoms with van der Waals surface area (Å²) < 4.78 is 10.3. The summed E-state index contributed by atoms with van der Waals surface area (Å²) >= 11 is 0. The van der Waals surface area contributed by atoms with Gasteiger partial charge in [-0.1, -0.05) is 11.6 Å². The van der Waals surface area contributed by atoms with E-state index in [9.17, 15) is 9.59 Å². The molecule has 0 aromatic rings. The minimum Gasteiger partial charge on any atom is -0.465 e. The molecule has 0 aromatic heterocycles. The fourth-order valence-corrected chi connectivity index (χ4v) is 1.81. The van der Waals surface area contributed by atoms with Crippen LogP contribution in [0.4, 0.5) is 0 Å². The molecule has 1 aliphatic rings. The minimum atomic E-state index is -1.12. The third-order valence-electron chi connectivity index (χ3n) is 2.88. The predicted octanol–water partition coefficient (Wildman–Crippen LogP) is 1.88. The number of carbonyl (C=O) groups is 2. The summed E-state index contributed by atoms with van der Waals surface area (Å²) in [4.78, 5) is 24.0. The summed E-state index contributed by atoms with van der Waals surface area (Å²) in [6.45, 7) is 6.42. The summed E-state index contributed by atoms with van der Waals surface area (Å²) in [5, 5.41) is 0. The normalized spacial score (nSPS) is 24.3. The second kappa shape index (κ2) is 5.96. The molecule has 1 saturated heterocycles. The van der Waals surface area contributed by atoms with Crippen molar-refractivity contribution in [3.8, 4) is 0 Å². The highest BCUT2D eigenvalue weighted by molar-refractivity contribution is 6.04. The Hall–Kier alpha value is -1.16. The highest BCUT2D eigenvalue weighted by atomic mass is 16.5. The molecule has 96 valence electrons. The highest BCUT2D eigenvalue weighted by Gasteiger charge is 2.48. The molecule has 0 aromatic carbocycles. The van der Waals surface area contributed by atoms with Crippen LogP contribution in [0, 0.1) is 5.41 Å². The number of hydrogen-bond donors (Lipinski definition) is 0. The Labute approximate surface area is 102 Å². The van der Waals surface area contributed by atoms with Crippen LogP contribution in [0.15, 0.2) is 11.6 Å². The van der Waals surface area contributed by atoms with Crippen LogP contribution in [0.2, 0.25) is 0 Å². The van der Waals surface area contributed by atoms with E-state index in [4.69, 9.17) is 9.47 Å². The largest absolute Gasteiger partial charge is 0.465 e. The lowest BCUT2D eigenvalue weighted by atomic mass is 9.78. The molecule has 1 fully saturated rings. The fraction of sp³-hybridized carbons (Fsp3) is 0.692. The monoisotopic (exact) mass is 240 g/mol. The lowest BCUT2D eigenvalue weighted by Gasteiger charge is -2.32. The zero-order valence-electron chi connectivity index (χ0n) is 10.7. The Morgan fingerprint density at radius 2 is 2.24 bits per heavy atom. The topological polar surface area (TPSA) is 52.6 Å². The van der Waals surface area contributed by atoms with Gasteiger partial charge in [0.05, 0.1) is 19.8 Å². The number of ketones is 1. The van der Waals surface area contributed by atoms with Crippen LogP contribution in [0.1, 0.15) is 33.6 Å². The summed E-state index contributed by atoms with van der Waals surface area (Å²) in [5.74, 6) is -0.526. The molecule has 0 saturated carbocycles. The van der Waals surface area contributed by atoms with Crippen molar-refractivity contribution >= 4 is 11.8 Å². The SMILES string of the molecule is CCOC(=O)C1(CC=C(C)C)COCCC1=O. The number of allylic oxidation sites excluding steroid dienone is 2. The van der Waals surface area contributed by atoms with Gasteiger partial charge in [-0.3, -0.25) is 9.59 Å². The van der Waals surface area contributed by atoms with Crippen molar-refractivity contribution in [2.45, 2.75) is 33.6 Å². The van der Waals surface area contributed by atoms with Crippen LogP contribution >= 0.6 is 0 Å². The summed E-state index contributed by atoms with van der Waals surface area (Å²) in [5.41, 5.74) is -0.0435. The number of rotatable bonds is 4. The van der Waals surface area contributed by atoms with Crippen molar-refractivity contribution in [3.05, 3.63) is 11.6 Å². The van der Waals surface area contributed by atoms with E-state index in [0.717, 1.165) is 5.57 Å². The highest BCUT2D eigenvalue weighted by Crippen LogP contribution is 2.31. The number of hydrogen-bond acceptors (Lipinski definition) is 4. The zero-order valence-corrected chi connectivity index (χ0v) is 10.7. The van der Waals surface area contributed by atoms with Crippen LogP contribution in [0.25, 0.3) is 0 Å². The van der Waals surface area contributed by atoms with Gasteiger partial charge in [0, 0.05) is 6.42 Å². The Morgan fingerprint density at radius 1 is 1.53 bits per heavy atom. The molecule has 1 atom stereocenters. The van der Waals surface area contributed by atoms with Gasteiger partial charge in [-0.05, 0) is 27.2 Å². The summed E-state index contributed by atoms with van der Waals surface area (Å²) in [6.07, 6.45) is 2.55. The van der Waals surface area contributed by atoms with Crippen molar-refractivity contribution in [2.24, 2.45) is 5.41 Å². The molecule has 0 spiro atoms. The first-order valence-corrected chi connectivity index (χ1v) is 5.94. The summed E-state index contributed by atoms with van der Waals surface area (Å²) in [7, 11) is 0. The fourth-order valence-electron chi connectivity index (χ4n) is 1.81. The van der Waals surface area contributed by atoms with Crippen molar-refractivity contribution in [2.75, 3.05) is 19.8 Å². The van der Waals surface area contributed by atoms with Gasteiger partial charge >= 0.3 is 5.97 Å². The molecule has 0 amide bonds. The van der Waals surface area contributed by atoms with Gasteiger partial charge in [-0.15, -0.1) is 0 Å². The van der Waals surface area contributed by atoms with Crippen LogP contribution in [0.3, 0.4) is 0 Å². The van der Waals surface area contributed by atoms with Crippen LogP contribution in [0.5, 0.6) is 0 Å². The molecule has 0 aliphatic carbocycles. The van der Waals surface area contributed by atoms with Gasteiger partial charge in [0.25, 0.3) is 0 Å². The van der Waals surface area contributed by atoms with Crippen LogP contribution in [-0.4, -0.2) is 31.6 Å². The van der Waals surface area contributed by atoms with E-state index in [2.05, 4.69) is 0 Å². The van der Waals surface area contributed by atoms with Crippen molar-refractivity contribution < 1.29 is 19.1 Å². The van der Waals surface area contributed by atoms with Crippen LogP contribution < -0.4 is 0 Å². The lowest BCUT2D eigenvalue weighted by molar-refractivity contribution is -0.168. The second-order valence-corrected chi connectivity index (χ2v) is 4.51. The lowest BCUT2D eigenvalue weighted by Crippen LogP contribution is -2.47.